The molecule has 1 saturated heterocycles. The molecule has 4 rings (SSSR count). The number of fused-ring (bicyclic) bond motifs is 1. The number of benzene rings is 2. The first-order valence-corrected chi connectivity index (χ1v) is 36.6. The van der Waals surface area contributed by atoms with Crippen LogP contribution in [-0.2, 0) is 22.5 Å². The van der Waals surface area contributed by atoms with E-state index in [2.05, 4.69) is 107 Å². The summed E-state index contributed by atoms with van der Waals surface area (Å²) in [5.74, 6) is 2.71. The van der Waals surface area contributed by atoms with E-state index in [-0.39, 0.29) is 34.0 Å². The van der Waals surface area contributed by atoms with Crippen molar-refractivity contribution in [2.24, 2.45) is 0 Å². The molecule has 4 atom stereocenters. The van der Waals surface area contributed by atoms with Gasteiger partial charge in [-0.1, -0.05) is 0 Å². The monoisotopic (exact) mass is 986 g/mol. The molecule has 0 unspecified atom stereocenters. The van der Waals surface area contributed by atoms with Crippen LogP contribution in [-0.4, -0.2) is 71.6 Å². The summed E-state index contributed by atoms with van der Waals surface area (Å²) in [7, 11) is -2.90. The van der Waals surface area contributed by atoms with E-state index in [1.165, 1.54) is 36.2 Å². The SMILES string of the molecule is CCC[CH2][Sn]([CH2]CCC)([CH2]CCC)/[C](=C/Cc1cc2cc(O[Si](C)(C)C(C)(C)C)cc(O[Si](C)(C)C(C)(C)C)c2c(=O)o1)[C@H](OCc1ccc(OC)cc1)[C@H]1O[C@@H]1C[C@H](C)O. The molecule has 1 aliphatic heterocycles. The zero-order valence-corrected chi connectivity index (χ0v) is 45.6. The van der Waals surface area contributed by atoms with Gasteiger partial charge in [-0.25, -0.2) is 0 Å². The van der Waals surface area contributed by atoms with Crippen molar-refractivity contribution in [1.82, 2.24) is 0 Å². The first-order valence-electron chi connectivity index (χ1n) is 23.3. The van der Waals surface area contributed by atoms with Gasteiger partial charge in [-0.3, -0.25) is 0 Å². The molecule has 11 heteroatoms. The predicted octanol–water partition coefficient (Wildman–Crippen LogP) is 13.6. The minimum atomic E-state index is -3.26. The van der Waals surface area contributed by atoms with Crippen molar-refractivity contribution in [1.29, 1.82) is 0 Å². The fourth-order valence-electron chi connectivity index (χ4n) is 7.85. The number of methoxy groups -OCH3 is 1. The Labute approximate surface area is 375 Å². The second kappa shape index (κ2) is 21.7. The maximum absolute atomic E-state index is 14.3. The van der Waals surface area contributed by atoms with Crippen LogP contribution in [0.3, 0.4) is 0 Å². The Balaban J connectivity index is 1.94. The zero-order valence-electron chi connectivity index (χ0n) is 40.7. The van der Waals surface area contributed by atoms with E-state index in [9.17, 15) is 9.90 Å². The molecule has 0 amide bonds. The van der Waals surface area contributed by atoms with Crippen LogP contribution in [0.1, 0.15) is 126 Å². The quantitative estimate of drug-likeness (QED) is 0.0700. The normalized spacial score (nSPS) is 17.7. The van der Waals surface area contributed by atoms with Crippen LogP contribution in [0.25, 0.3) is 10.8 Å². The van der Waals surface area contributed by atoms with Gasteiger partial charge in [0.1, 0.15) is 0 Å². The molecule has 1 aliphatic rings. The third-order valence-electron chi connectivity index (χ3n) is 13.8. The summed E-state index contributed by atoms with van der Waals surface area (Å²) < 4.78 is 44.4. The Kier molecular flexibility index (Phi) is 18.4. The van der Waals surface area contributed by atoms with Gasteiger partial charge in [0.15, 0.2) is 0 Å². The number of allylic oxidation sites excluding steroid dienone is 1. The van der Waals surface area contributed by atoms with Crippen LogP contribution >= 0.6 is 0 Å². The molecule has 1 N–H and O–H groups in total. The Morgan fingerprint density at radius 1 is 0.836 bits per heavy atom. The third-order valence-corrected chi connectivity index (χ3v) is 38.6. The standard InChI is InChI=1S/C38H55O8Si2.3C4H9.Sn/c1-25(39)20-33-35(44-33)31(42-24-26-16-18-28(41-8)19-17-26)15-13-14-29-21-27-22-30(45-47(9,10)37(2,3)4)23-32(34(27)36(40)43-29)46-48(11,12)38(5,6)7;3*1-3-4-2;/h13,16-19,21-23,25,31,33,35,39H,14,20,24H2,1-12H3;3*1,3-4H2,2H3;/t25-,31-,33+,35+;;;;/m0..../s1. The number of rotatable bonds is 24. The van der Waals surface area contributed by atoms with E-state index in [0.717, 1.165) is 41.7 Å². The second-order valence-corrected chi connectivity index (χ2v) is 43.6. The van der Waals surface area contributed by atoms with Crippen molar-refractivity contribution in [2.75, 3.05) is 7.11 Å². The molecular weight excluding hydrogens is 903 g/mol. The average molecular weight is 986 g/mol. The number of hydrogen-bond donors (Lipinski definition) is 1. The molecule has 0 bridgehead atoms. The molecule has 0 spiro atoms. The van der Waals surface area contributed by atoms with Gasteiger partial charge >= 0.3 is 378 Å². The average Bonchev–Trinajstić information content (AvgIpc) is 3.92. The van der Waals surface area contributed by atoms with Crippen LogP contribution in [0.2, 0.25) is 49.6 Å². The van der Waals surface area contributed by atoms with E-state index in [1.54, 1.807) is 7.11 Å². The van der Waals surface area contributed by atoms with E-state index in [1.807, 2.05) is 37.3 Å². The number of epoxide rings is 1. The van der Waals surface area contributed by atoms with Crippen LogP contribution in [0, 0.1) is 0 Å². The fraction of sp³-hybridized carbons (Fsp3) is 0.660. The molecule has 342 valence electrons. The van der Waals surface area contributed by atoms with Crippen LogP contribution in [0.15, 0.2) is 61.3 Å². The van der Waals surface area contributed by atoms with Crippen LogP contribution in [0.4, 0.5) is 0 Å². The molecular formula is C50H82O8Si2Sn. The van der Waals surface area contributed by atoms with Gasteiger partial charge in [-0.2, -0.15) is 0 Å². The van der Waals surface area contributed by atoms with Gasteiger partial charge < -0.3 is 0 Å². The number of aliphatic hydroxyl groups excluding tert-OH is 1. The van der Waals surface area contributed by atoms with E-state index in [4.69, 9.17) is 27.5 Å². The fourth-order valence-corrected chi connectivity index (χ4v) is 27.3. The van der Waals surface area contributed by atoms with Crippen LogP contribution < -0.4 is 19.2 Å². The molecule has 61 heavy (non-hydrogen) atoms. The third kappa shape index (κ3) is 13.7. The molecule has 1 fully saturated rings. The van der Waals surface area contributed by atoms with Gasteiger partial charge in [-0.05, 0) is 0 Å². The molecule has 2 heterocycles. The summed E-state index contributed by atoms with van der Waals surface area (Å²) >= 11 is -3.26. The molecule has 3 aromatic rings. The summed E-state index contributed by atoms with van der Waals surface area (Å²) in [6.45, 7) is 31.4. The first-order chi connectivity index (χ1) is 28.5. The number of hydrogen-bond acceptors (Lipinski definition) is 8. The molecule has 0 radical (unpaired) electrons. The van der Waals surface area contributed by atoms with Gasteiger partial charge in [0.25, 0.3) is 0 Å². The molecule has 1 aromatic heterocycles. The summed E-state index contributed by atoms with van der Waals surface area (Å²) in [5, 5.41) is 11.6. The van der Waals surface area contributed by atoms with Gasteiger partial charge in [0, 0.05) is 0 Å². The second-order valence-electron chi connectivity index (χ2n) is 20.9. The Morgan fingerprint density at radius 2 is 1.39 bits per heavy atom. The van der Waals surface area contributed by atoms with Crippen molar-refractivity contribution in [3.63, 3.8) is 0 Å². The first kappa shape index (κ1) is 51.5. The summed E-state index contributed by atoms with van der Waals surface area (Å²) in [5.41, 5.74) is 0.684. The number of unbranched alkanes of at least 4 members (excludes halogenated alkanes) is 3. The van der Waals surface area contributed by atoms with Crippen molar-refractivity contribution in [3.8, 4) is 17.2 Å². The molecule has 8 nitrogen and oxygen atoms in total. The summed E-state index contributed by atoms with van der Waals surface area (Å²) in [4.78, 5) is 14.3. The molecule has 0 aliphatic carbocycles. The predicted molar refractivity (Wildman–Crippen MR) is 261 cm³/mol. The number of ether oxygens (including phenoxy) is 3. The topological polar surface area (TPSA) is 99.9 Å². The van der Waals surface area contributed by atoms with Crippen molar-refractivity contribution in [2.45, 2.75) is 201 Å². The molecule has 0 saturated carbocycles. The maximum atomic E-state index is 14.3. The minimum absolute atomic E-state index is 0.0122. The van der Waals surface area contributed by atoms with Crippen molar-refractivity contribution >= 4 is 45.8 Å². The van der Waals surface area contributed by atoms with Crippen LogP contribution in [0.5, 0.6) is 17.2 Å². The van der Waals surface area contributed by atoms with Gasteiger partial charge in [0.2, 0.25) is 0 Å². The van der Waals surface area contributed by atoms with E-state index in [0.29, 0.717) is 36.3 Å². The van der Waals surface area contributed by atoms with E-state index >= 15 is 0 Å². The Bertz CT molecular complexity index is 1920. The Morgan fingerprint density at radius 3 is 1.90 bits per heavy atom. The van der Waals surface area contributed by atoms with Crippen molar-refractivity contribution < 1.29 is 32.6 Å². The van der Waals surface area contributed by atoms with Crippen molar-refractivity contribution in [3.05, 3.63) is 73.9 Å². The Hall–Kier alpha value is -2.10. The van der Waals surface area contributed by atoms with E-state index < -0.39 is 41.1 Å². The van der Waals surface area contributed by atoms with Gasteiger partial charge in [0.05, 0.1) is 0 Å². The summed E-state index contributed by atoms with van der Waals surface area (Å²) in [6, 6.07) is 14.1. The summed E-state index contributed by atoms with van der Waals surface area (Å²) in [6.07, 6.45) is 9.49. The zero-order chi connectivity index (χ0) is 45.4. The van der Waals surface area contributed by atoms with Gasteiger partial charge in [-0.15, -0.1) is 0 Å². The number of aliphatic hydroxyl groups is 1. The molecule has 2 aromatic carbocycles.